The first-order valence-electron chi connectivity index (χ1n) is 4.67. The number of amides is 2. The molecular formula is C10H12F2N2O2. The molecule has 0 radical (unpaired) electrons. The highest BCUT2D eigenvalue weighted by Gasteiger charge is 2.07. The fourth-order valence-corrected chi connectivity index (χ4v) is 0.998. The van der Waals surface area contributed by atoms with Gasteiger partial charge >= 0.3 is 6.03 Å². The molecule has 1 atom stereocenters. The second kappa shape index (κ2) is 5.41. The van der Waals surface area contributed by atoms with Crippen molar-refractivity contribution in [3.05, 3.63) is 29.8 Å². The van der Waals surface area contributed by atoms with Crippen LogP contribution in [0.25, 0.3) is 0 Å². The second-order valence-corrected chi connectivity index (χ2v) is 3.31. The zero-order chi connectivity index (χ0) is 12.1. The maximum atomic E-state index is 13.1. The first kappa shape index (κ1) is 12.4. The van der Waals surface area contributed by atoms with Crippen LogP contribution in [0.5, 0.6) is 0 Å². The van der Waals surface area contributed by atoms with Crippen LogP contribution in [0.2, 0.25) is 0 Å². The lowest BCUT2D eigenvalue weighted by molar-refractivity contribution is 0.190. The van der Waals surface area contributed by atoms with Crippen molar-refractivity contribution >= 4 is 11.7 Å². The standard InChI is InChI=1S/C10H12F2N2O2/c1-6(15)5-13-10(16)14-9-3-2-7(11)4-8(9)12/h2-4,6,15H,5H2,1H3,(H2,13,14,16)/t6-/m0/s1. The molecule has 16 heavy (non-hydrogen) atoms. The van der Waals surface area contributed by atoms with Gasteiger partial charge in [-0.2, -0.15) is 0 Å². The van der Waals surface area contributed by atoms with Crippen LogP contribution in [0.3, 0.4) is 0 Å². The summed E-state index contributed by atoms with van der Waals surface area (Å²) in [5.41, 5.74) is -0.121. The topological polar surface area (TPSA) is 61.4 Å². The molecule has 0 saturated carbocycles. The number of anilines is 1. The lowest BCUT2D eigenvalue weighted by Crippen LogP contribution is -2.34. The van der Waals surface area contributed by atoms with Gasteiger partial charge in [0.2, 0.25) is 0 Å². The van der Waals surface area contributed by atoms with Crippen LogP contribution in [-0.2, 0) is 0 Å². The highest BCUT2D eigenvalue weighted by Crippen LogP contribution is 2.14. The summed E-state index contributed by atoms with van der Waals surface area (Å²) in [6.45, 7) is 1.55. The molecule has 0 spiro atoms. The number of carbonyl (C=O) groups excluding carboxylic acids is 1. The quantitative estimate of drug-likeness (QED) is 0.736. The van der Waals surface area contributed by atoms with Crippen molar-refractivity contribution in [2.45, 2.75) is 13.0 Å². The van der Waals surface area contributed by atoms with Gasteiger partial charge in [-0.3, -0.25) is 0 Å². The van der Waals surface area contributed by atoms with E-state index in [-0.39, 0.29) is 12.2 Å². The molecule has 2 amide bonds. The van der Waals surface area contributed by atoms with Gasteiger partial charge in [-0.15, -0.1) is 0 Å². The maximum Gasteiger partial charge on any atom is 0.319 e. The van der Waals surface area contributed by atoms with E-state index in [9.17, 15) is 13.6 Å². The number of halogens is 2. The summed E-state index contributed by atoms with van der Waals surface area (Å²) in [5.74, 6) is -1.57. The lowest BCUT2D eigenvalue weighted by atomic mass is 10.3. The van der Waals surface area contributed by atoms with E-state index in [1.54, 1.807) is 0 Å². The van der Waals surface area contributed by atoms with Gasteiger partial charge < -0.3 is 15.7 Å². The van der Waals surface area contributed by atoms with Crippen LogP contribution in [0.15, 0.2) is 18.2 Å². The number of rotatable bonds is 3. The van der Waals surface area contributed by atoms with E-state index in [4.69, 9.17) is 5.11 Å². The maximum absolute atomic E-state index is 13.1. The van der Waals surface area contributed by atoms with Gasteiger partial charge in [-0.1, -0.05) is 0 Å². The van der Waals surface area contributed by atoms with Crippen LogP contribution in [0, 0.1) is 11.6 Å². The molecule has 0 unspecified atom stereocenters. The molecule has 3 N–H and O–H groups in total. The molecule has 1 aromatic carbocycles. The van der Waals surface area contributed by atoms with Crippen molar-refractivity contribution < 1.29 is 18.7 Å². The van der Waals surface area contributed by atoms with E-state index in [1.165, 1.54) is 6.92 Å². The summed E-state index contributed by atoms with van der Waals surface area (Å²) in [6, 6.07) is 2.16. The molecule has 0 bridgehead atoms. The number of carbonyl (C=O) groups is 1. The summed E-state index contributed by atoms with van der Waals surface area (Å²) in [5, 5.41) is 13.4. The fraction of sp³-hybridized carbons (Fsp3) is 0.300. The minimum Gasteiger partial charge on any atom is -0.392 e. The number of urea groups is 1. The van der Waals surface area contributed by atoms with Crippen LogP contribution in [-0.4, -0.2) is 23.8 Å². The molecule has 0 aliphatic carbocycles. The highest BCUT2D eigenvalue weighted by molar-refractivity contribution is 5.89. The van der Waals surface area contributed by atoms with Crippen molar-refractivity contribution in [3.63, 3.8) is 0 Å². The molecule has 0 fully saturated rings. The Balaban J connectivity index is 2.56. The smallest absolute Gasteiger partial charge is 0.319 e. The van der Waals surface area contributed by atoms with E-state index < -0.39 is 23.8 Å². The van der Waals surface area contributed by atoms with Gasteiger partial charge in [0.25, 0.3) is 0 Å². The van der Waals surface area contributed by atoms with Crippen molar-refractivity contribution in [1.29, 1.82) is 0 Å². The minimum atomic E-state index is -0.854. The molecule has 88 valence electrons. The predicted octanol–water partition coefficient (Wildman–Crippen LogP) is 1.47. The van der Waals surface area contributed by atoms with Crippen molar-refractivity contribution in [2.75, 3.05) is 11.9 Å². The summed E-state index contributed by atoms with van der Waals surface area (Å²) >= 11 is 0. The van der Waals surface area contributed by atoms with Crippen LogP contribution in [0.4, 0.5) is 19.3 Å². The van der Waals surface area contributed by atoms with Crippen molar-refractivity contribution in [2.24, 2.45) is 0 Å². The average Bonchev–Trinajstić information content (AvgIpc) is 2.19. The zero-order valence-electron chi connectivity index (χ0n) is 8.63. The van der Waals surface area contributed by atoms with Crippen molar-refractivity contribution in [1.82, 2.24) is 5.32 Å². The third-order valence-electron chi connectivity index (χ3n) is 1.74. The molecular weight excluding hydrogens is 218 g/mol. The molecule has 0 aliphatic heterocycles. The Morgan fingerprint density at radius 1 is 1.50 bits per heavy atom. The fourth-order valence-electron chi connectivity index (χ4n) is 0.998. The van der Waals surface area contributed by atoms with Gasteiger partial charge in [-0.05, 0) is 19.1 Å². The first-order chi connectivity index (χ1) is 7.49. The molecule has 4 nitrogen and oxygen atoms in total. The molecule has 0 aliphatic rings. The van der Waals surface area contributed by atoms with Gasteiger partial charge in [0, 0.05) is 12.6 Å². The number of benzene rings is 1. The third-order valence-corrected chi connectivity index (χ3v) is 1.74. The van der Waals surface area contributed by atoms with E-state index in [0.29, 0.717) is 6.07 Å². The van der Waals surface area contributed by atoms with Gasteiger partial charge in [0.1, 0.15) is 11.6 Å². The Bertz CT molecular complexity index is 383. The second-order valence-electron chi connectivity index (χ2n) is 3.31. The normalized spacial score (nSPS) is 12.0. The first-order valence-corrected chi connectivity index (χ1v) is 4.67. The molecule has 0 heterocycles. The van der Waals surface area contributed by atoms with Gasteiger partial charge in [0.05, 0.1) is 11.8 Å². The van der Waals surface area contributed by atoms with Crippen LogP contribution in [0.1, 0.15) is 6.92 Å². The van der Waals surface area contributed by atoms with E-state index in [1.807, 2.05) is 0 Å². The number of hydrogen-bond donors (Lipinski definition) is 3. The predicted molar refractivity (Wildman–Crippen MR) is 55.1 cm³/mol. The number of aliphatic hydroxyl groups excluding tert-OH is 1. The summed E-state index contributed by atoms with van der Waals surface area (Å²) in [4.78, 5) is 11.2. The van der Waals surface area contributed by atoms with Gasteiger partial charge in [0.15, 0.2) is 0 Å². The third kappa shape index (κ3) is 3.82. The number of nitrogens with one attached hydrogen (secondary N) is 2. The largest absolute Gasteiger partial charge is 0.392 e. The highest BCUT2D eigenvalue weighted by atomic mass is 19.1. The number of aliphatic hydroxyl groups is 1. The lowest BCUT2D eigenvalue weighted by Gasteiger charge is -2.09. The minimum absolute atomic E-state index is 0.0502. The summed E-state index contributed by atoms with van der Waals surface area (Å²) < 4.78 is 25.6. The molecule has 0 aromatic heterocycles. The molecule has 1 rings (SSSR count). The van der Waals surface area contributed by atoms with E-state index in [0.717, 1.165) is 12.1 Å². The Kier molecular flexibility index (Phi) is 4.19. The SMILES string of the molecule is C[C@H](O)CNC(=O)Nc1ccc(F)cc1F. The van der Waals surface area contributed by atoms with Crippen molar-refractivity contribution in [3.8, 4) is 0 Å². The molecule has 6 heteroatoms. The Hall–Kier alpha value is -1.69. The van der Waals surface area contributed by atoms with E-state index >= 15 is 0 Å². The Morgan fingerprint density at radius 2 is 2.19 bits per heavy atom. The van der Waals surface area contributed by atoms with Crippen LogP contribution >= 0.6 is 0 Å². The molecule has 1 aromatic rings. The van der Waals surface area contributed by atoms with E-state index in [2.05, 4.69) is 10.6 Å². The average molecular weight is 230 g/mol. The molecule has 0 saturated heterocycles. The van der Waals surface area contributed by atoms with Gasteiger partial charge in [-0.25, -0.2) is 13.6 Å². The number of hydrogen-bond acceptors (Lipinski definition) is 2. The Labute approximate surface area is 91.3 Å². The zero-order valence-corrected chi connectivity index (χ0v) is 8.63. The summed E-state index contributed by atoms with van der Waals surface area (Å²) in [6.07, 6.45) is -0.691. The monoisotopic (exact) mass is 230 g/mol. The van der Waals surface area contributed by atoms with Crippen LogP contribution < -0.4 is 10.6 Å². The summed E-state index contributed by atoms with van der Waals surface area (Å²) in [7, 11) is 0. The Morgan fingerprint density at radius 3 is 2.75 bits per heavy atom.